The van der Waals surface area contributed by atoms with E-state index in [0.29, 0.717) is 0 Å². The number of nitrogens with two attached hydrogens (primary N) is 1. The minimum atomic E-state index is -4.35. The molecule has 14 heavy (non-hydrogen) atoms. The average molecular weight is 231 g/mol. The molecule has 0 fully saturated rings. The lowest BCUT2D eigenvalue weighted by Gasteiger charge is -2.25. The Balaban J connectivity index is 4.69. The van der Waals surface area contributed by atoms with Crippen molar-refractivity contribution in [3.63, 3.8) is 0 Å². The number of alkyl halides is 2. The van der Waals surface area contributed by atoms with E-state index in [1.54, 1.807) is 0 Å². The molecule has 0 saturated carbocycles. The van der Waals surface area contributed by atoms with Gasteiger partial charge in [0.2, 0.25) is 0 Å². The zero-order chi connectivity index (χ0) is 11.2. The van der Waals surface area contributed by atoms with Gasteiger partial charge in [0, 0.05) is 6.42 Å². The molecule has 2 N–H and O–H groups in total. The maximum Gasteiger partial charge on any atom is 0.399 e. The van der Waals surface area contributed by atoms with Crippen LogP contribution in [0.5, 0.6) is 0 Å². The van der Waals surface area contributed by atoms with Crippen LogP contribution in [0.15, 0.2) is 0 Å². The second kappa shape index (κ2) is 5.75. The summed E-state index contributed by atoms with van der Waals surface area (Å²) >= 11 is 0. The molecular formula is C7H16F2NO3P. The quantitative estimate of drug-likeness (QED) is 0.682. The van der Waals surface area contributed by atoms with Gasteiger partial charge in [-0.1, -0.05) is 0 Å². The zero-order valence-corrected chi connectivity index (χ0v) is 9.23. The van der Waals surface area contributed by atoms with Gasteiger partial charge in [-0.2, -0.15) is 8.78 Å². The van der Waals surface area contributed by atoms with Crippen LogP contribution in [0.1, 0.15) is 20.3 Å². The third-order valence-corrected chi connectivity index (χ3v) is 3.67. The Morgan fingerprint density at radius 1 is 1.29 bits per heavy atom. The van der Waals surface area contributed by atoms with Gasteiger partial charge in [-0.15, -0.1) is 0 Å². The van der Waals surface area contributed by atoms with E-state index in [4.69, 9.17) is 5.73 Å². The van der Waals surface area contributed by atoms with Crippen LogP contribution in [-0.2, 0) is 13.6 Å². The summed E-state index contributed by atoms with van der Waals surface area (Å²) in [6.45, 7) is 2.51. The summed E-state index contributed by atoms with van der Waals surface area (Å²) in [5, 5.41) is 0. The Bertz CT molecular complexity index is 203. The summed E-state index contributed by atoms with van der Waals surface area (Å²) in [6, 6.07) is 0. The van der Waals surface area contributed by atoms with E-state index in [-0.39, 0.29) is 19.8 Å². The molecule has 0 aromatic carbocycles. The number of hydrogen-bond acceptors (Lipinski definition) is 4. The molecule has 0 aliphatic heterocycles. The summed E-state index contributed by atoms with van der Waals surface area (Å²) < 4.78 is 47.1. The lowest BCUT2D eigenvalue weighted by molar-refractivity contribution is 0.0337. The topological polar surface area (TPSA) is 61.5 Å². The molecule has 0 heterocycles. The summed E-state index contributed by atoms with van der Waals surface area (Å²) in [5.74, 6) is 0. The second-order valence-corrected chi connectivity index (χ2v) is 4.70. The Hall–Kier alpha value is -0.0300. The van der Waals surface area contributed by atoms with E-state index in [9.17, 15) is 13.3 Å². The predicted molar refractivity (Wildman–Crippen MR) is 49.5 cm³/mol. The minimum Gasteiger partial charge on any atom is -0.330 e. The summed E-state index contributed by atoms with van der Waals surface area (Å²) in [7, 11) is -4.35. The SMILES string of the molecule is CCOP(=O)(OCC)C(F)(F)CCN. The summed E-state index contributed by atoms with van der Waals surface area (Å²) in [6.07, 6.45) is -0.704. The van der Waals surface area contributed by atoms with E-state index in [1.165, 1.54) is 13.8 Å². The molecule has 0 rings (SSSR count). The molecular weight excluding hydrogens is 215 g/mol. The first-order valence-electron chi connectivity index (χ1n) is 4.40. The molecule has 0 bridgehead atoms. The van der Waals surface area contributed by atoms with Crippen LogP contribution in [0.4, 0.5) is 8.78 Å². The van der Waals surface area contributed by atoms with Crippen molar-refractivity contribution in [2.24, 2.45) is 5.73 Å². The highest BCUT2D eigenvalue weighted by Gasteiger charge is 2.52. The van der Waals surface area contributed by atoms with E-state index >= 15 is 0 Å². The molecule has 0 aromatic heterocycles. The predicted octanol–water partition coefficient (Wildman–Crippen LogP) is 2.19. The van der Waals surface area contributed by atoms with Gasteiger partial charge < -0.3 is 14.8 Å². The largest absolute Gasteiger partial charge is 0.399 e. The molecule has 0 atom stereocenters. The third-order valence-electron chi connectivity index (χ3n) is 1.44. The third kappa shape index (κ3) is 3.28. The van der Waals surface area contributed by atoms with Crippen LogP contribution in [0.25, 0.3) is 0 Å². The highest BCUT2D eigenvalue weighted by molar-refractivity contribution is 7.55. The van der Waals surface area contributed by atoms with Crippen LogP contribution in [-0.4, -0.2) is 25.4 Å². The average Bonchev–Trinajstić information content (AvgIpc) is 2.04. The Morgan fingerprint density at radius 3 is 2.00 bits per heavy atom. The van der Waals surface area contributed by atoms with Gasteiger partial charge in [-0.25, -0.2) is 0 Å². The van der Waals surface area contributed by atoms with Crippen LogP contribution >= 0.6 is 7.60 Å². The van der Waals surface area contributed by atoms with Crippen molar-refractivity contribution < 1.29 is 22.4 Å². The molecule has 0 aromatic rings. The first-order valence-corrected chi connectivity index (χ1v) is 5.95. The van der Waals surface area contributed by atoms with Gasteiger partial charge in [0.05, 0.1) is 13.2 Å². The van der Waals surface area contributed by atoms with Crippen molar-refractivity contribution in [2.45, 2.75) is 25.9 Å². The Morgan fingerprint density at radius 2 is 1.71 bits per heavy atom. The van der Waals surface area contributed by atoms with Crippen molar-refractivity contribution in [3.8, 4) is 0 Å². The van der Waals surface area contributed by atoms with Crippen LogP contribution in [0.3, 0.4) is 0 Å². The molecule has 0 aliphatic rings. The lowest BCUT2D eigenvalue weighted by Crippen LogP contribution is -2.24. The fourth-order valence-electron chi connectivity index (χ4n) is 0.877. The van der Waals surface area contributed by atoms with Crippen molar-refractivity contribution in [1.29, 1.82) is 0 Å². The van der Waals surface area contributed by atoms with Crippen molar-refractivity contribution in [3.05, 3.63) is 0 Å². The Labute approximate surface area is 82.3 Å². The molecule has 7 heteroatoms. The summed E-state index contributed by atoms with van der Waals surface area (Å²) in [5.41, 5.74) is 1.49. The molecule has 86 valence electrons. The zero-order valence-electron chi connectivity index (χ0n) is 8.33. The van der Waals surface area contributed by atoms with Crippen LogP contribution in [0.2, 0.25) is 0 Å². The minimum absolute atomic E-state index is 0.0859. The first kappa shape index (κ1) is 14.0. The van der Waals surface area contributed by atoms with Gasteiger partial charge in [0.15, 0.2) is 0 Å². The van der Waals surface area contributed by atoms with Crippen molar-refractivity contribution >= 4 is 7.60 Å². The maximum absolute atomic E-state index is 13.3. The monoisotopic (exact) mass is 231 g/mol. The molecule has 0 unspecified atom stereocenters. The molecule has 0 aliphatic carbocycles. The summed E-state index contributed by atoms with van der Waals surface area (Å²) in [4.78, 5) is 0. The van der Waals surface area contributed by atoms with Gasteiger partial charge in [0.25, 0.3) is 0 Å². The molecule has 0 amide bonds. The van der Waals surface area contributed by atoms with E-state index in [2.05, 4.69) is 9.05 Å². The smallest absolute Gasteiger partial charge is 0.330 e. The lowest BCUT2D eigenvalue weighted by atomic mass is 10.4. The number of hydrogen-bond donors (Lipinski definition) is 1. The molecule has 4 nitrogen and oxygen atoms in total. The van der Waals surface area contributed by atoms with Gasteiger partial charge in [-0.3, -0.25) is 4.57 Å². The van der Waals surface area contributed by atoms with E-state index < -0.39 is 19.7 Å². The second-order valence-electron chi connectivity index (χ2n) is 2.54. The normalized spacial score (nSPS) is 13.2. The highest BCUT2D eigenvalue weighted by atomic mass is 31.2. The molecule has 0 radical (unpaired) electrons. The van der Waals surface area contributed by atoms with Gasteiger partial charge >= 0.3 is 13.3 Å². The van der Waals surface area contributed by atoms with Crippen molar-refractivity contribution in [2.75, 3.05) is 19.8 Å². The Kier molecular flexibility index (Phi) is 5.74. The standard InChI is InChI=1S/C7H16F2NO3P/c1-3-12-14(11,13-4-2)7(8,9)5-6-10/h3-6,10H2,1-2H3. The van der Waals surface area contributed by atoms with Crippen LogP contribution in [0, 0.1) is 0 Å². The maximum atomic E-state index is 13.3. The molecule has 0 saturated heterocycles. The highest BCUT2D eigenvalue weighted by Crippen LogP contribution is 2.62. The van der Waals surface area contributed by atoms with E-state index in [0.717, 1.165) is 0 Å². The molecule has 0 spiro atoms. The fourth-order valence-corrected chi connectivity index (χ4v) is 2.41. The first-order chi connectivity index (χ1) is 6.43. The number of halogens is 2. The number of rotatable bonds is 7. The van der Waals surface area contributed by atoms with E-state index in [1.807, 2.05) is 0 Å². The van der Waals surface area contributed by atoms with Gasteiger partial charge in [0.1, 0.15) is 0 Å². The van der Waals surface area contributed by atoms with Crippen molar-refractivity contribution in [1.82, 2.24) is 0 Å². The van der Waals surface area contributed by atoms with Gasteiger partial charge in [-0.05, 0) is 20.4 Å². The fraction of sp³-hybridized carbons (Fsp3) is 1.00. The van der Waals surface area contributed by atoms with Crippen LogP contribution < -0.4 is 5.73 Å².